The molecule has 5 rings (SSSR count). The van der Waals surface area contributed by atoms with Crippen LogP contribution in [-0.4, -0.2) is 33.5 Å². The Labute approximate surface area is 211 Å². The molecule has 0 aliphatic carbocycles. The largest absolute Gasteiger partial charge is 0.497 e. The molecule has 0 saturated carbocycles. The van der Waals surface area contributed by atoms with E-state index in [0.717, 1.165) is 29.0 Å². The molecule has 0 fully saturated rings. The highest BCUT2D eigenvalue weighted by Gasteiger charge is 2.30. The number of imidazole rings is 1. The first-order valence-corrected chi connectivity index (χ1v) is 12.1. The van der Waals surface area contributed by atoms with Crippen molar-refractivity contribution in [2.45, 2.75) is 38.4 Å². The number of hydrogen-bond donors (Lipinski definition) is 0. The van der Waals surface area contributed by atoms with Crippen LogP contribution in [0.4, 0.5) is 0 Å². The fraction of sp³-hybridized carbons (Fsp3) is 0.233. The highest BCUT2D eigenvalue weighted by molar-refractivity contribution is 5.79. The van der Waals surface area contributed by atoms with Gasteiger partial charge in [-0.3, -0.25) is 4.79 Å². The first-order chi connectivity index (χ1) is 17.6. The lowest BCUT2D eigenvalue weighted by Crippen LogP contribution is -2.46. The maximum absolute atomic E-state index is 13.6. The summed E-state index contributed by atoms with van der Waals surface area (Å²) in [6, 6.07) is 25.9. The smallest absolute Gasteiger partial charge is 0.227 e. The molecule has 6 heteroatoms. The summed E-state index contributed by atoms with van der Waals surface area (Å²) >= 11 is 0. The normalized spacial score (nSPS) is 14.7. The minimum atomic E-state index is 0.0365. The van der Waals surface area contributed by atoms with Gasteiger partial charge in [0.25, 0.3) is 0 Å². The average molecular weight is 477 g/mol. The van der Waals surface area contributed by atoms with E-state index >= 15 is 0 Å². The minimum absolute atomic E-state index is 0.0365. The van der Waals surface area contributed by atoms with Crippen molar-refractivity contribution in [1.82, 2.24) is 14.5 Å². The Kier molecular flexibility index (Phi) is 6.81. The SMILES string of the molecule is COc1cccc(CC(=O)N2Cc3ccccc3CC2Cc2cncn2Cc2ccc(C#N)cc2)c1. The first kappa shape index (κ1) is 23.4. The Morgan fingerprint density at radius 1 is 1.06 bits per heavy atom. The van der Waals surface area contributed by atoms with Crippen LogP contribution in [0.1, 0.15) is 33.5 Å². The second-order valence-corrected chi connectivity index (χ2v) is 9.20. The minimum Gasteiger partial charge on any atom is -0.497 e. The second kappa shape index (κ2) is 10.5. The molecule has 0 N–H and O–H groups in total. The van der Waals surface area contributed by atoms with Crippen molar-refractivity contribution in [2.24, 2.45) is 0 Å². The summed E-state index contributed by atoms with van der Waals surface area (Å²) in [6.07, 6.45) is 5.60. The number of nitriles is 1. The van der Waals surface area contributed by atoms with Crippen molar-refractivity contribution in [1.29, 1.82) is 5.26 Å². The van der Waals surface area contributed by atoms with Crippen LogP contribution in [0.2, 0.25) is 0 Å². The van der Waals surface area contributed by atoms with E-state index in [0.29, 0.717) is 31.5 Å². The number of amides is 1. The summed E-state index contributed by atoms with van der Waals surface area (Å²) in [6.45, 7) is 1.27. The fourth-order valence-electron chi connectivity index (χ4n) is 4.90. The first-order valence-electron chi connectivity index (χ1n) is 12.1. The van der Waals surface area contributed by atoms with Crippen LogP contribution >= 0.6 is 0 Å². The molecule has 1 aliphatic heterocycles. The van der Waals surface area contributed by atoms with E-state index in [1.165, 1.54) is 11.1 Å². The average Bonchev–Trinajstić information content (AvgIpc) is 3.35. The zero-order chi connectivity index (χ0) is 24.9. The third kappa shape index (κ3) is 5.16. The van der Waals surface area contributed by atoms with Gasteiger partial charge in [0.2, 0.25) is 5.91 Å². The molecule has 0 spiro atoms. The molecule has 6 nitrogen and oxygen atoms in total. The molecular formula is C30H28N4O2. The van der Waals surface area contributed by atoms with Crippen molar-refractivity contribution < 1.29 is 9.53 Å². The molecule has 36 heavy (non-hydrogen) atoms. The molecule has 1 aromatic heterocycles. The van der Waals surface area contributed by atoms with Crippen LogP contribution in [0.15, 0.2) is 85.3 Å². The monoisotopic (exact) mass is 476 g/mol. The molecule has 0 radical (unpaired) electrons. The third-order valence-electron chi connectivity index (χ3n) is 6.84. The van der Waals surface area contributed by atoms with Crippen molar-refractivity contribution >= 4 is 5.91 Å². The summed E-state index contributed by atoms with van der Waals surface area (Å²) in [7, 11) is 1.64. The number of nitrogens with zero attached hydrogens (tertiary/aromatic N) is 4. The summed E-state index contributed by atoms with van der Waals surface area (Å²) < 4.78 is 7.48. The lowest BCUT2D eigenvalue weighted by Gasteiger charge is -2.37. The molecule has 4 aromatic rings. The summed E-state index contributed by atoms with van der Waals surface area (Å²) in [4.78, 5) is 20.0. The van der Waals surface area contributed by atoms with E-state index in [2.05, 4.69) is 33.8 Å². The summed E-state index contributed by atoms with van der Waals surface area (Å²) in [5.74, 6) is 0.869. The number of ether oxygens (including phenoxy) is 1. The van der Waals surface area contributed by atoms with Gasteiger partial charge in [-0.1, -0.05) is 48.5 Å². The van der Waals surface area contributed by atoms with Crippen LogP contribution in [0.3, 0.4) is 0 Å². The number of methoxy groups -OCH3 is 1. The van der Waals surface area contributed by atoms with Crippen LogP contribution in [0.25, 0.3) is 0 Å². The highest BCUT2D eigenvalue weighted by Crippen LogP contribution is 2.27. The van der Waals surface area contributed by atoms with Gasteiger partial charge in [0.1, 0.15) is 5.75 Å². The lowest BCUT2D eigenvalue weighted by atomic mass is 9.91. The summed E-state index contributed by atoms with van der Waals surface area (Å²) in [5, 5.41) is 9.07. The van der Waals surface area contributed by atoms with E-state index in [-0.39, 0.29) is 11.9 Å². The molecule has 0 bridgehead atoms. The number of fused-ring (bicyclic) bond motifs is 1. The predicted octanol–water partition coefficient (Wildman–Crippen LogP) is 4.55. The van der Waals surface area contributed by atoms with Crippen molar-refractivity contribution in [3.8, 4) is 11.8 Å². The number of rotatable bonds is 7. The lowest BCUT2D eigenvalue weighted by molar-refractivity contribution is -0.134. The van der Waals surface area contributed by atoms with Gasteiger partial charge in [-0.05, 0) is 52.9 Å². The van der Waals surface area contributed by atoms with Crippen molar-refractivity contribution in [2.75, 3.05) is 7.11 Å². The Morgan fingerprint density at radius 2 is 1.86 bits per heavy atom. The molecule has 3 aromatic carbocycles. The molecule has 180 valence electrons. The molecule has 1 atom stereocenters. The Hall–Kier alpha value is -4.37. The van der Waals surface area contributed by atoms with Gasteiger partial charge >= 0.3 is 0 Å². The zero-order valence-electron chi connectivity index (χ0n) is 20.3. The Balaban J connectivity index is 1.38. The van der Waals surface area contributed by atoms with Crippen LogP contribution in [0, 0.1) is 11.3 Å². The van der Waals surface area contributed by atoms with Crippen LogP contribution in [0.5, 0.6) is 5.75 Å². The molecule has 0 saturated heterocycles. The summed E-state index contributed by atoms with van der Waals surface area (Å²) in [5.41, 5.74) is 6.29. The van der Waals surface area contributed by atoms with Crippen LogP contribution < -0.4 is 4.74 Å². The van der Waals surface area contributed by atoms with E-state index < -0.39 is 0 Å². The van der Waals surface area contributed by atoms with Gasteiger partial charge in [0, 0.05) is 37.4 Å². The Morgan fingerprint density at radius 3 is 2.64 bits per heavy atom. The van der Waals surface area contributed by atoms with E-state index in [9.17, 15) is 4.79 Å². The molecule has 1 unspecified atom stereocenters. The fourth-order valence-corrected chi connectivity index (χ4v) is 4.90. The number of hydrogen-bond acceptors (Lipinski definition) is 4. The second-order valence-electron chi connectivity index (χ2n) is 9.20. The number of carbonyl (C=O) groups is 1. The highest BCUT2D eigenvalue weighted by atomic mass is 16.5. The maximum Gasteiger partial charge on any atom is 0.227 e. The van der Waals surface area contributed by atoms with E-state index in [1.54, 1.807) is 7.11 Å². The number of benzene rings is 3. The van der Waals surface area contributed by atoms with Crippen molar-refractivity contribution in [3.05, 3.63) is 119 Å². The van der Waals surface area contributed by atoms with Gasteiger partial charge in [0.05, 0.1) is 31.5 Å². The Bertz CT molecular complexity index is 1400. The molecule has 1 amide bonds. The standard InChI is InChI=1S/C30H28N4O2/c1-36-29-8-4-5-24(13-29)14-30(35)34-20-26-7-3-2-6-25(26)15-27(34)16-28-18-32-21-33(28)19-23-11-9-22(17-31)10-12-23/h2-13,18,21,27H,14-16,19-20H2,1H3. The van der Waals surface area contributed by atoms with E-state index in [4.69, 9.17) is 10.00 Å². The van der Waals surface area contributed by atoms with Gasteiger partial charge < -0.3 is 14.2 Å². The maximum atomic E-state index is 13.6. The molecule has 1 aliphatic rings. The van der Waals surface area contributed by atoms with Gasteiger partial charge in [-0.25, -0.2) is 4.98 Å². The van der Waals surface area contributed by atoms with Crippen molar-refractivity contribution in [3.63, 3.8) is 0 Å². The number of carbonyl (C=O) groups excluding carboxylic acids is 1. The quantitative estimate of drug-likeness (QED) is 0.392. The van der Waals surface area contributed by atoms with Gasteiger partial charge in [-0.2, -0.15) is 5.26 Å². The zero-order valence-corrected chi connectivity index (χ0v) is 20.3. The topological polar surface area (TPSA) is 71.2 Å². The van der Waals surface area contributed by atoms with Gasteiger partial charge in [-0.15, -0.1) is 0 Å². The van der Waals surface area contributed by atoms with Crippen LogP contribution in [-0.2, 0) is 37.1 Å². The van der Waals surface area contributed by atoms with Gasteiger partial charge in [0.15, 0.2) is 0 Å². The molecule has 2 heterocycles. The third-order valence-corrected chi connectivity index (χ3v) is 6.84. The van der Waals surface area contributed by atoms with E-state index in [1.807, 2.05) is 72.0 Å². The molecular weight excluding hydrogens is 448 g/mol. The number of aromatic nitrogens is 2. The predicted molar refractivity (Wildman–Crippen MR) is 137 cm³/mol.